The molecule has 0 unspecified atom stereocenters. The average molecular weight is 228 g/mol. The van der Waals surface area contributed by atoms with E-state index in [-0.39, 0.29) is 5.91 Å². The van der Waals surface area contributed by atoms with Crippen LogP contribution in [0.4, 0.5) is 5.69 Å². The Hall–Kier alpha value is -2.21. The summed E-state index contributed by atoms with van der Waals surface area (Å²) in [7, 11) is 0. The van der Waals surface area contributed by atoms with Crippen LogP contribution in [0.1, 0.15) is 12.5 Å². The third-order valence-corrected chi connectivity index (χ3v) is 2.30. The van der Waals surface area contributed by atoms with Crippen molar-refractivity contribution < 1.29 is 4.79 Å². The maximum Gasteiger partial charge on any atom is 0.247 e. The highest BCUT2D eigenvalue weighted by atomic mass is 16.2. The third-order valence-electron chi connectivity index (χ3n) is 2.30. The Labute approximate surface area is 102 Å². The minimum Gasteiger partial charge on any atom is -0.399 e. The van der Waals surface area contributed by atoms with Crippen LogP contribution in [0.25, 0.3) is 6.08 Å². The number of hydrogen-bond donors (Lipinski definition) is 1. The maximum atomic E-state index is 11.7. The molecule has 0 aliphatic carbocycles. The molecule has 0 atom stereocenters. The van der Waals surface area contributed by atoms with Crippen molar-refractivity contribution in [2.45, 2.75) is 6.92 Å². The summed E-state index contributed by atoms with van der Waals surface area (Å²) in [5.41, 5.74) is 7.22. The highest BCUT2D eigenvalue weighted by molar-refractivity contribution is 5.92. The molecule has 3 heteroatoms. The lowest BCUT2D eigenvalue weighted by Crippen LogP contribution is -2.29. The van der Waals surface area contributed by atoms with E-state index in [1.165, 1.54) is 6.08 Å². The van der Waals surface area contributed by atoms with Gasteiger partial charge < -0.3 is 10.6 Å². The van der Waals surface area contributed by atoms with Gasteiger partial charge in [0, 0.05) is 18.3 Å². The van der Waals surface area contributed by atoms with Crippen molar-refractivity contribution in [1.29, 1.82) is 0 Å². The number of carbonyl (C=O) groups is 1. The predicted molar refractivity (Wildman–Crippen MR) is 71.0 cm³/mol. The zero-order valence-corrected chi connectivity index (χ0v) is 9.89. The van der Waals surface area contributed by atoms with E-state index < -0.39 is 0 Å². The van der Waals surface area contributed by atoms with Gasteiger partial charge in [-0.3, -0.25) is 4.79 Å². The molecule has 0 heterocycles. The van der Waals surface area contributed by atoms with E-state index in [1.54, 1.807) is 23.1 Å². The molecule has 88 valence electrons. The monoisotopic (exact) mass is 228 g/mol. The van der Waals surface area contributed by atoms with Gasteiger partial charge in [-0.2, -0.15) is 0 Å². The van der Waals surface area contributed by atoms with Gasteiger partial charge in [-0.15, -0.1) is 6.42 Å². The number of nitrogen functional groups attached to an aromatic ring is 1. The largest absolute Gasteiger partial charge is 0.399 e. The number of amides is 1. The molecule has 0 bridgehead atoms. The first-order chi connectivity index (χ1) is 8.17. The van der Waals surface area contributed by atoms with Gasteiger partial charge in [-0.25, -0.2) is 0 Å². The molecule has 0 fully saturated rings. The van der Waals surface area contributed by atoms with Gasteiger partial charge in [-0.1, -0.05) is 18.1 Å². The van der Waals surface area contributed by atoms with Crippen LogP contribution in [0.3, 0.4) is 0 Å². The smallest absolute Gasteiger partial charge is 0.247 e. The lowest BCUT2D eigenvalue weighted by molar-refractivity contribution is -0.125. The Morgan fingerprint density at radius 1 is 1.59 bits per heavy atom. The van der Waals surface area contributed by atoms with Crippen LogP contribution < -0.4 is 5.73 Å². The number of rotatable bonds is 4. The van der Waals surface area contributed by atoms with Crippen LogP contribution in [-0.4, -0.2) is 23.9 Å². The Morgan fingerprint density at radius 2 is 2.35 bits per heavy atom. The van der Waals surface area contributed by atoms with Crippen molar-refractivity contribution in [3.63, 3.8) is 0 Å². The Kier molecular flexibility index (Phi) is 4.83. The van der Waals surface area contributed by atoms with Crippen LogP contribution in [-0.2, 0) is 4.79 Å². The summed E-state index contributed by atoms with van der Waals surface area (Å²) in [5.74, 6) is 2.37. The number of nitrogens with zero attached hydrogens (tertiary/aromatic N) is 1. The number of nitrogens with two attached hydrogens (primary N) is 1. The zero-order valence-electron chi connectivity index (χ0n) is 9.89. The van der Waals surface area contributed by atoms with E-state index >= 15 is 0 Å². The maximum absolute atomic E-state index is 11.7. The van der Waals surface area contributed by atoms with Gasteiger partial charge in [-0.05, 0) is 30.7 Å². The molecule has 0 radical (unpaired) electrons. The van der Waals surface area contributed by atoms with Crippen molar-refractivity contribution >= 4 is 17.7 Å². The van der Waals surface area contributed by atoms with E-state index in [4.69, 9.17) is 12.2 Å². The molecular formula is C14H16N2O. The molecule has 0 aromatic heterocycles. The number of benzene rings is 1. The van der Waals surface area contributed by atoms with Crippen molar-refractivity contribution in [3.8, 4) is 12.3 Å². The van der Waals surface area contributed by atoms with Gasteiger partial charge in [0.1, 0.15) is 0 Å². The van der Waals surface area contributed by atoms with E-state index in [0.29, 0.717) is 18.8 Å². The van der Waals surface area contributed by atoms with Gasteiger partial charge in [0.15, 0.2) is 0 Å². The van der Waals surface area contributed by atoms with E-state index in [9.17, 15) is 4.79 Å². The number of carbonyl (C=O) groups excluding carboxylic acids is 1. The summed E-state index contributed by atoms with van der Waals surface area (Å²) in [5, 5.41) is 0. The molecule has 17 heavy (non-hydrogen) atoms. The first kappa shape index (κ1) is 12.9. The fourth-order valence-electron chi connectivity index (χ4n) is 1.39. The molecule has 2 N–H and O–H groups in total. The molecule has 1 aromatic rings. The standard InChI is InChI=1S/C14H16N2O/c1-3-10-16(4-2)14(17)9-8-12-6-5-7-13(15)11-12/h1,5-9,11H,4,10,15H2,2H3/b9-8+. The normalized spacial score (nSPS) is 10.1. The number of anilines is 1. The van der Waals surface area contributed by atoms with Crippen molar-refractivity contribution in [1.82, 2.24) is 4.90 Å². The van der Waals surface area contributed by atoms with Gasteiger partial charge in [0.2, 0.25) is 5.91 Å². The second-order valence-electron chi connectivity index (χ2n) is 3.56. The first-order valence-corrected chi connectivity index (χ1v) is 5.43. The minimum absolute atomic E-state index is 0.0899. The lowest BCUT2D eigenvalue weighted by Gasteiger charge is -2.15. The summed E-state index contributed by atoms with van der Waals surface area (Å²) >= 11 is 0. The molecule has 1 rings (SSSR count). The summed E-state index contributed by atoms with van der Waals surface area (Å²) in [6.45, 7) is 2.82. The first-order valence-electron chi connectivity index (χ1n) is 5.43. The molecule has 0 aliphatic heterocycles. The molecule has 1 amide bonds. The Balaban J connectivity index is 2.71. The van der Waals surface area contributed by atoms with Gasteiger partial charge in [0.25, 0.3) is 0 Å². The molecule has 0 aliphatic rings. The number of terminal acetylenes is 1. The number of hydrogen-bond acceptors (Lipinski definition) is 2. The third kappa shape index (κ3) is 4.04. The summed E-state index contributed by atoms with van der Waals surface area (Å²) in [6.07, 6.45) is 8.43. The van der Waals surface area contributed by atoms with Crippen LogP contribution >= 0.6 is 0 Å². The highest BCUT2D eigenvalue weighted by Crippen LogP contribution is 2.08. The summed E-state index contributed by atoms with van der Waals surface area (Å²) in [4.78, 5) is 13.3. The summed E-state index contributed by atoms with van der Waals surface area (Å²) in [6, 6.07) is 7.34. The van der Waals surface area contributed by atoms with Crippen LogP contribution in [0.2, 0.25) is 0 Å². The SMILES string of the molecule is C#CCN(CC)C(=O)/C=C/c1cccc(N)c1. The Morgan fingerprint density at radius 3 is 2.94 bits per heavy atom. The second kappa shape index (κ2) is 6.39. The minimum atomic E-state index is -0.0899. The van der Waals surface area contributed by atoms with Crippen molar-refractivity contribution in [2.75, 3.05) is 18.8 Å². The number of likely N-dealkylation sites (N-methyl/N-ethyl adjacent to an activating group) is 1. The van der Waals surface area contributed by atoms with Gasteiger partial charge >= 0.3 is 0 Å². The van der Waals surface area contributed by atoms with E-state index in [1.807, 2.05) is 19.1 Å². The van der Waals surface area contributed by atoms with Crippen LogP contribution in [0, 0.1) is 12.3 Å². The van der Waals surface area contributed by atoms with E-state index in [2.05, 4.69) is 5.92 Å². The lowest BCUT2D eigenvalue weighted by atomic mass is 10.2. The van der Waals surface area contributed by atoms with Crippen molar-refractivity contribution in [2.24, 2.45) is 0 Å². The van der Waals surface area contributed by atoms with Crippen LogP contribution in [0.15, 0.2) is 30.3 Å². The average Bonchev–Trinajstić information content (AvgIpc) is 2.33. The van der Waals surface area contributed by atoms with Crippen LogP contribution in [0.5, 0.6) is 0 Å². The molecule has 0 saturated carbocycles. The highest BCUT2D eigenvalue weighted by Gasteiger charge is 2.05. The molecule has 0 spiro atoms. The topological polar surface area (TPSA) is 46.3 Å². The fourth-order valence-corrected chi connectivity index (χ4v) is 1.39. The second-order valence-corrected chi connectivity index (χ2v) is 3.56. The van der Waals surface area contributed by atoms with Crippen molar-refractivity contribution in [3.05, 3.63) is 35.9 Å². The fraction of sp³-hybridized carbons (Fsp3) is 0.214. The van der Waals surface area contributed by atoms with Gasteiger partial charge in [0.05, 0.1) is 6.54 Å². The summed E-state index contributed by atoms with van der Waals surface area (Å²) < 4.78 is 0. The van der Waals surface area contributed by atoms with E-state index in [0.717, 1.165) is 5.56 Å². The Bertz CT molecular complexity index is 458. The molecule has 0 saturated heterocycles. The molecule has 1 aromatic carbocycles. The zero-order chi connectivity index (χ0) is 12.7. The predicted octanol–water partition coefficient (Wildman–Crippen LogP) is 1.76. The molecular weight excluding hydrogens is 212 g/mol. The quantitative estimate of drug-likeness (QED) is 0.485. The molecule has 3 nitrogen and oxygen atoms in total.